The van der Waals surface area contributed by atoms with Crippen molar-refractivity contribution in [2.75, 3.05) is 17.6 Å². The molecule has 0 aliphatic rings. The third kappa shape index (κ3) is 3.85. The summed E-state index contributed by atoms with van der Waals surface area (Å²) in [6.45, 7) is 1.70. The number of nitrogen functional groups attached to an aromatic ring is 1. The Labute approximate surface area is 109 Å². The summed E-state index contributed by atoms with van der Waals surface area (Å²) in [5.41, 5.74) is 5.46. The van der Waals surface area contributed by atoms with E-state index in [1.165, 1.54) is 0 Å². The van der Waals surface area contributed by atoms with Gasteiger partial charge in [0.05, 0.1) is 6.33 Å². The quantitative estimate of drug-likeness (QED) is 0.764. The van der Waals surface area contributed by atoms with Crippen LogP contribution in [0.2, 0.25) is 5.28 Å². The molecule has 8 heteroatoms. The first-order valence-corrected chi connectivity index (χ1v) is 5.98. The van der Waals surface area contributed by atoms with Gasteiger partial charge in [0.2, 0.25) is 17.2 Å². The zero-order valence-corrected chi connectivity index (χ0v) is 10.5. The van der Waals surface area contributed by atoms with Crippen molar-refractivity contribution in [2.24, 2.45) is 0 Å². The van der Waals surface area contributed by atoms with Gasteiger partial charge in [-0.3, -0.25) is 0 Å². The largest absolute Gasteiger partial charge is 0.368 e. The van der Waals surface area contributed by atoms with Crippen LogP contribution in [0.1, 0.15) is 12.8 Å². The van der Waals surface area contributed by atoms with Gasteiger partial charge in [-0.1, -0.05) is 0 Å². The monoisotopic (exact) mass is 267 g/mol. The molecule has 3 N–H and O–H groups in total. The highest BCUT2D eigenvalue weighted by atomic mass is 35.5. The van der Waals surface area contributed by atoms with E-state index < -0.39 is 0 Å². The molecule has 0 aliphatic heterocycles. The zero-order chi connectivity index (χ0) is 12.8. The van der Waals surface area contributed by atoms with Crippen LogP contribution in [0, 0.1) is 0 Å². The fourth-order valence-electron chi connectivity index (χ4n) is 1.48. The lowest BCUT2D eigenvalue weighted by Crippen LogP contribution is -2.09. The molecule has 0 bridgehead atoms. The van der Waals surface area contributed by atoms with Gasteiger partial charge in [-0.05, 0) is 24.4 Å². The van der Waals surface area contributed by atoms with Crippen molar-refractivity contribution in [1.29, 1.82) is 0 Å². The lowest BCUT2D eigenvalue weighted by atomic mass is 10.3. The van der Waals surface area contributed by atoms with Crippen molar-refractivity contribution < 1.29 is 0 Å². The Hall–Kier alpha value is -1.89. The van der Waals surface area contributed by atoms with Gasteiger partial charge in [-0.15, -0.1) is 0 Å². The minimum absolute atomic E-state index is 0.100. The highest BCUT2D eigenvalue weighted by Crippen LogP contribution is 2.07. The molecule has 7 nitrogen and oxygen atoms in total. The van der Waals surface area contributed by atoms with Gasteiger partial charge in [-0.2, -0.15) is 15.0 Å². The number of halogens is 1. The molecule has 0 saturated heterocycles. The molecule has 2 rings (SSSR count). The van der Waals surface area contributed by atoms with Crippen LogP contribution >= 0.6 is 11.6 Å². The van der Waals surface area contributed by atoms with Crippen molar-refractivity contribution in [2.45, 2.75) is 19.4 Å². The van der Waals surface area contributed by atoms with Gasteiger partial charge in [0.25, 0.3) is 0 Å². The molecule has 0 atom stereocenters. The number of hydrogen-bond donors (Lipinski definition) is 2. The van der Waals surface area contributed by atoms with E-state index in [1.807, 2.05) is 10.8 Å². The first-order valence-electron chi connectivity index (χ1n) is 5.61. The number of unbranched alkanes of at least 4 members (excludes halogenated alkanes) is 1. The molecule has 0 aliphatic carbocycles. The Kier molecular flexibility index (Phi) is 4.30. The molecular formula is C10H14ClN7. The Morgan fingerprint density at radius 2 is 2.17 bits per heavy atom. The number of nitrogens with two attached hydrogens (primary N) is 1. The van der Waals surface area contributed by atoms with E-state index in [-0.39, 0.29) is 11.2 Å². The van der Waals surface area contributed by atoms with Crippen LogP contribution in [0.15, 0.2) is 18.7 Å². The Morgan fingerprint density at radius 1 is 1.28 bits per heavy atom. The molecule has 2 aromatic heterocycles. The summed E-state index contributed by atoms with van der Waals surface area (Å²) in [7, 11) is 0. The molecule has 0 fully saturated rings. The fourth-order valence-corrected chi connectivity index (χ4v) is 1.65. The third-order valence-corrected chi connectivity index (χ3v) is 2.48. The summed E-state index contributed by atoms with van der Waals surface area (Å²) < 4.78 is 2.04. The van der Waals surface area contributed by atoms with Crippen LogP contribution in [0.3, 0.4) is 0 Å². The maximum absolute atomic E-state index is 5.67. The lowest BCUT2D eigenvalue weighted by molar-refractivity contribution is 0.620. The number of aryl methyl sites for hydroxylation is 1. The second kappa shape index (κ2) is 6.15. The molecule has 0 saturated carbocycles. The summed E-state index contributed by atoms with van der Waals surface area (Å²) in [6, 6.07) is 0. The maximum Gasteiger partial charge on any atom is 0.228 e. The Bertz CT molecular complexity index is 465. The van der Waals surface area contributed by atoms with E-state index in [0.29, 0.717) is 5.95 Å². The van der Waals surface area contributed by atoms with E-state index in [1.54, 1.807) is 12.5 Å². The normalized spacial score (nSPS) is 10.5. The minimum Gasteiger partial charge on any atom is -0.368 e. The minimum atomic E-state index is 0.100. The Balaban J connectivity index is 1.68. The van der Waals surface area contributed by atoms with Crippen LogP contribution in [0.5, 0.6) is 0 Å². The summed E-state index contributed by atoms with van der Waals surface area (Å²) in [5.74, 6) is 0.533. The molecule has 0 aromatic carbocycles. The molecule has 2 aromatic rings. The number of nitrogens with one attached hydrogen (secondary N) is 1. The van der Waals surface area contributed by atoms with E-state index in [9.17, 15) is 0 Å². The summed E-state index contributed by atoms with van der Waals surface area (Å²) in [6.07, 6.45) is 7.55. The summed E-state index contributed by atoms with van der Waals surface area (Å²) in [5, 5.41) is 3.16. The lowest BCUT2D eigenvalue weighted by Gasteiger charge is -2.05. The standard InChI is InChI=1S/C10H14ClN7/c11-8-15-9(12)17-10(16-8)14-3-1-2-5-18-6-4-13-7-18/h4,6-7H,1-3,5H2,(H3,12,14,15,16,17). The van der Waals surface area contributed by atoms with Gasteiger partial charge in [0, 0.05) is 25.5 Å². The third-order valence-electron chi connectivity index (χ3n) is 2.31. The fraction of sp³-hybridized carbons (Fsp3) is 0.400. The van der Waals surface area contributed by atoms with E-state index >= 15 is 0 Å². The molecule has 2 heterocycles. The number of rotatable bonds is 6. The van der Waals surface area contributed by atoms with Gasteiger partial charge in [-0.25, -0.2) is 4.98 Å². The molecule has 0 amide bonds. The summed E-state index contributed by atoms with van der Waals surface area (Å²) >= 11 is 5.67. The number of hydrogen-bond acceptors (Lipinski definition) is 6. The molecule has 0 radical (unpaired) electrons. The highest BCUT2D eigenvalue weighted by molar-refractivity contribution is 6.28. The van der Waals surface area contributed by atoms with Crippen molar-refractivity contribution in [3.8, 4) is 0 Å². The number of anilines is 2. The average Bonchev–Trinajstić information content (AvgIpc) is 2.80. The van der Waals surface area contributed by atoms with Crippen molar-refractivity contribution in [3.63, 3.8) is 0 Å². The van der Waals surface area contributed by atoms with Gasteiger partial charge < -0.3 is 15.6 Å². The predicted octanol–water partition coefficient (Wildman–Crippen LogP) is 1.20. The van der Waals surface area contributed by atoms with Crippen LogP contribution in [0.25, 0.3) is 0 Å². The molecular weight excluding hydrogens is 254 g/mol. The van der Waals surface area contributed by atoms with Crippen LogP contribution in [-0.4, -0.2) is 31.0 Å². The van der Waals surface area contributed by atoms with Gasteiger partial charge >= 0.3 is 0 Å². The van der Waals surface area contributed by atoms with Crippen molar-refractivity contribution in [1.82, 2.24) is 24.5 Å². The maximum atomic E-state index is 5.67. The summed E-state index contributed by atoms with van der Waals surface area (Å²) in [4.78, 5) is 15.5. The van der Waals surface area contributed by atoms with E-state index in [0.717, 1.165) is 25.9 Å². The zero-order valence-electron chi connectivity index (χ0n) is 9.75. The number of nitrogens with zero attached hydrogens (tertiary/aromatic N) is 5. The second-order valence-corrected chi connectivity index (χ2v) is 4.06. The van der Waals surface area contributed by atoms with Crippen molar-refractivity contribution in [3.05, 3.63) is 24.0 Å². The second-order valence-electron chi connectivity index (χ2n) is 3.72. The van der Waals surface area contributed by atoms with Crippen molar-refractivity contribution >= 4 is 23.5 Å². The smallest absolute Gasteiger partial charge is 0.228 e. The number of aromatic nitrogens is 5. The Morgan fingerprint density at radius 3 is 2.89 bits per heavy atom. The molecule has 18 heavy (non-hydrogen) atoms. The van der Waals surface area contributed by atoms with Crippen LogP contribution < -0.4 is 11.1 Å². The average molecular weight is 268 g/mol. The van der Waals surface area contributed by atoms with E-state index in [2.05, 4.69) is 25.3 Å². The first kappa shape index (κ1) is 12.6. The van der Waals surface area contributed by atoms with Crippen LogP contribution in [0.4, 0.5) is 11.9 Å². The topological polar surface area (TPSA) is 94.5 Å². The molecule has 0 spiro atoms. The van der Waals surface area contributed by atoms with E-state index in [4.69, 9.17) is 17.3 Å². The first-order chi connectivity index (χ1) is 8.74. The predicted molar refractivity (Wildman–Crippen MR) is 69.2 cm³/mol. The van der Waals surface area contributed by atoms with Gasteiger partial charge in [0.1, 0.15) is 0 Å². The highest BCUT2D eigenvalue weighted by Gasteiger charge is 2.01. The SMILES string of the molecule is Nc1nc(Cl)nc(NCCCCn2ccnc2)n1. The van der Waals surface area contributed by atoms with Gasteiger partial charge in [0.15, 0.2) is 0 Å². The number of imidazole rings is 1. The molecule has 0 unspecified atom stereocenters. The molecule has 96 valence electrons. The van der Waals surface area contributed by atoms with Crippen LogP contribution in [-0.2, 0) is 6.54 Å².